The normalized spacial score (nSPS) is 30.0. The van der Waals surface area contributed by atoms with E-state index in [0.29, 0.717) is 29.2 Å². The van der Waals surface area contributed by atoms with Gasteiger partial charge < -0.3 is 14.6 Å². The SMILES string of the molecule is CC1(C)Oc2ccc(C#N)cc2C(OC2=NN(CC#N)C(=O)C3CC23)C1O. The van der Waals surface area contributed by atoms with Gasteiger partial charge in [-0.2, -0.15) is 10.5 Å². The number of amides is 1. The summed E-state index contributed by atoms with van der Waals surface area (Å²) in [5.74, 6) is 0.343. The van der Waals surface area contributed by atoms with Crippen molar-refractivity contribution in [2.45, 2.75) is 38.1 Å². The lowest BCUT2D eigenvalue weighted by Crippen LogP contribution is -2.50. The highest BCUT2D eigenvalue weighted by Gasteiger charge is 2.54. The van der Waals surface area contributed by atoms with Crippen molar-refractivity contribution in [1.29, 1.82) is 10.5 Å². The van der Waals surface area contributed by atoms with E-state index in [2.05, 4.69) is 11.2 Å². The first-order valence-corrected chi connectivity index (χ1v) is 8.70. The second-order valence-electron chi connectivity index (χ2n) is 7.49. The summed E-state index contributed by atoms with van der Waals surface area (Å²) in [7, 11) is 0. The Morgan fingerprint density at radius 1 is 1.41 bits per heavy atom. The molecule has 2 heterocycles. The van der Waals surface area contributed by atoms with Crippen molar-refractivity contribution >= 4 is 11.8 Å². The Kier molecular flexibility index (Phi) is 3.83. The molecule has 1 N–H and O–H groups in total. The van der Waals surface area contributed by atoms with Crippen molar-refractivity contribution in [2.24, 2.45) is 16.9 Å². The van der Waals surface area contributed by atoms with Crippen molar-refractivity contribution in [3.63, 3.8) is 0 Å². The summed E-state index contributed by atoms with van der Waals surface area (Å²) in [6.07, 6.45) is -1.19. The number of hydrogen-bond acceptors (Lipinski definition) is 7. The standard InChI is InChI=1S/C19H18N4O4/c1-19(2)16(24)15(13-7-10(9-21)3-4-14(13)27-19)26-17-11-8-12(11)18(25)23(22-17)6-5-20/h3-4,7,11-12,15-16,24H,6,8H2,1-2H3. The van der Waals surface area contributed by atoms with Gasteiger partial charge in [0.05, 0.1) is 23.6 Å². The highest BCUT2D eigenvalue weighted by molar-refractivity contribution is 5.96. The number of fused-ring (bicyclic) bond motifs is 2. The van der Waals surface area contributed by atoms with Gasteiger partial charge in [-0.15, -0.1) is 5.10 Å². The number of benzene rings is 1. The molecular formula is C19H18N4O4. The summed E-state index contributed by atoms with van der Waals surface area (Å²) in [6.45, 7) is 3.36. The zero-order chi connectivity index (χ0) is 19.3. The molecule has 0 saturated heterocycles. The van der Waals surface area contributed by atoms with Crippen LogP contribution < -0.4 is 4.74 Å². The van der Waals surface area contributed by atoms with Crippen LogP contribution in [0.3, 0.4) is 0 Å². The van der Waals surface area contributed by atoms with E-state index in [9.17, 15) is 15.2 Å². The lowest BCUT2D eigenvalue weighted by molar-refractivity contribution is -0.134. The topological polar surface area (TPSA) is 119 Å². The minimum atomic E-state index is -1.01. The Labute approximate surface area is 156 Å². The van der Waals surface area contributed by atoms with Crippen molar-refractivity contribution in [2.75, 3.05) is 6.54 Å². The summed E-state index contributed by atoms with van der Waals surface area (Å²) in [4.78, 5) is 12.2. The number of aliphatic hydroxyl groups is 1. The van der Waals surface area contributed by atoms with Crippen LogP contribution in [0.25, 0.3) is 0 Å². The van der Waals surface area contributed by atoms with Crippen molar-refractivity contribution < 1.29 is 19.4 Å². The van der Waals surface area contributed by atoms with Gasteiger partial charge in [-0.25, -0.2) is 5.01 Å². The third-order valence-corrected chi connectivity index (χ3v) is 5.18. The van der Waals surface area contributed by atoms with Gasteiger partial charge in [0.15, 0.2) is 6.10 Å². The summed E-state index contributed by atoms with van der Waals surface area (Å²) in [5, 5.41) is 34.3. The molecule has 8 heteroatoms. The smallest absolute Gasteiger partial charge is 0.247 e. The fourth-order valence-corrected chi connectivity index (χ4v) is 3.54. The van der Waals surface area contributed by atoms with E-state index < -0.39 is 17.8 Å². The lowest BCUT2D eigenvalue weighted by atomic mass is 9.87. The number of carbonyl (C=O) groups is 1. The molecule has 1 aromatic carbocycles. The number of rotatable bonds is 2. The quantitative estimate of drug-likeness (QED) is 0.792. The van der Waals surface area contributed by atoms with Crippen LogP contribution in [-0.4, -0.2) is 40.2 Å². The van der Waals surface area contributed by atoms with E-state index in [-0.39, 0.29) is 24.3 Å². The maximum atomic E-state index is 12.2. The van der Waals surface area contributed by atoms with Crippen LogP contribution in [0.2, 0.25) is 0 Å². The zero-order valence-corrected chi connectivity index (χ0v) is 14.9. The molecule has 1 amide bonds. The number of ether oxygens (including phenoxy) is 2. The summed E-state index contributed by atoms with van der Waals surface area (Å²) < 4.78 is 12.0. The van der Waals surface area contributed by atoms with Crippen LogP contribution in [0.15, 0.2) is 23.3 Å². The minimum absolute atomic E-state index is 0.131. The van der Waals surface area contributed by atoms with E-state index in [1.165, 1.54) is 0 Å². The number of nitriles is 2. The fourth-order valence-electron chi connectivity index (χ4n) is 3.54. The third-order valence-electron chi connectivity index (χ3n) is 5.18. The number of aliphatic hydroxyl groups excluding tert-OH is 1. The number of hydrazone groups is 1. The van der Waals surface area contributed by atoms with E-state index >= 15 is 0 Å². The van der Waals surface area contributed by atoms with Gasteiger partial charge in [0, 0.05) is 11.5 Å². The monoisotopic (exact) mass is 366 g/mol. The van der Waals surface area contributed by atoms with Crippen LogP contribution in [0.1, 0.15) is 37.5 Å². The van der Waals surface area contributed by atoms with Gasteiger partial charge in [0.2, 0.25) is 11.8 Å². The van der Waals surface area contributed by atoms with Gasteiger partial charge >= 0.3 is 0 Å². The van der Waals surface area contributed by atoms with Crippen LogP contribution in [0.4, 0.5) is 0 Å². The molecule has 0 aromatic heterocycles. The Hall–Kier alpha value is -3.10. The predicted molar refractivity (Wildman–Crippen MR) is 92.1 cm³/mol. The summed E-state index contributed by atoms with van der Waals surface area (Å²) >= 11 is 0. The van der Waals surface area contributed by atoms with Gasteiger partial charge in [-0.1, -0.05) is 0 Å². The second-order valence-corrected chi connectivity index (χ2v) is 7.49. The van der Waals surface area contributed by atoms with E-state index in [4.69, 9.17) is 14.7 Å². The fraction of sp³-hybridized carbons (Fsp3) is 0.474. The lowest BCUT2D eigenvalue weighted by Gasteiger charge is -2.42. The Balaban J connectivity index is 1.71. The average Bonchev–Trinajstić information content (AvgIpc) is 3.43. The molecule has 0 radical (unpaired) electrons. The van der Waals surface area contributed by atoms with E-state index in [1.807, 2.05) is 6.07 Å². The van der Waals surface area contributed by atoms with Gasteiger partial charge in [-0.05, 0) is 38.5 Å². The molecular weight excluding hydrogens is 348 g/mol. The number of nitrogens with zero attached hydrogens (tertiary/aromatic N) is 4. The Morgan fingerprint density at radius 3 is 2.89 bits per heavy atom. The molecule has 1 fully saturated rings. The third kappa shape index (κ3) is 2.79. The Bertz CT molecular complexity index is 927. The summed E-state index contributed by atoms with van der Waals surface area (Å²) in [6, 6.07) is 8.95. The maximum Gasteiger partial charge on any atom is 0.247 e. The average molecular weight is 366 g/mol. The molecule has 8 nitrogen and oxygen atoms in total. The van der Waals surface area contributed by atoms with Gasteiger partial charge in [-0.3, -0.25) is 4.79 Å². The molecule has 4 unspecified atom stereocenters. The van der Waals surface area contributed by atoms with Crippen LogP contribution in [0.5, 0.6) is 5.75 Å². The summed E-state index contributed by atoms with van der Waals surface area (Å²) in [5.41, 5.74) is 0.0742. The van der Waals surface area contributed by atoms with Crippen molar-refractivity contribution in [1.82, 2.24) is 5.01 Å². The molecule has 27 heavy (non-hydrogen) atoms. The van der Waals surface area contributed by atoms with Crippen LogP contribution >= 0.6 is 0 Å². The van der Waals surface area contributed by atoms with Crippen molar-refractivity contribution in [3.8, 4) is 17.9 Å². The highest BCUT2D eigenvalue weighted by Crippen LogP contribution is 2.48. The zero-order valence-electron chi connectivity index (χ0n) is 14.9. The molecule has 1 aromatic rings. The van der Waals surface area contributed by atoms with Crippen LogP contribution in [-0.2, 0) is 9.53 Å². The first kappa shape index (κ1) is 17.3. The predicted octanol–water partition coefficient (Wildman–Crippen LogP) is 1.46. The molecule has 0 spiro atoms. The number of hydrogen-bond donors (Lipinski definition) is 1. The van der Waals surface area contributed by atoms with E-state index in [1.54, 1.807) is 32.0 Å². The first-order valence-electron chi connectivity index (χ1n) is 8.70. The van der Waals surface area contributed by atoms with E-state index in [0.717, 1.165) is 5.01 Å². The molecule has 138 valence electrons. The molecule has 2 aliphatic heterocycles. The largest absolute Gasteiger partial charge is 0.485 e. The first-order chi connectivity index (χ1) is 12.9. The van der Waals surface area contributed by atoms with Gasteiger partial charge in [0.25, 0.3) is 0 Å². The van der Waals surface area contributed by atoms with Crippen LogP contribution in [0, 0.1) is 34.5 Å². The molecule has 4 rings (SSSR count). The van der Waals surface area contributed by atoms with Crippen molar-refractivity contribution in [3.05, 3.63) is 29.3 Å². The molecule has 0 bridgehead atoms. The maximum absolute atomic E-state index is 12.2. The molecule has 1 aliphatic carbocycles. The molecule has 4 atom stereocenters. The minimum Gasteiger partial charge on any atom is -0.485 e. The second kappa shape index (κ2) is 5.97. The molecule has 1 saturated carbocycles. The Morgan fingerprint density at radius 2 is 2.19 bits per heavy atom. The van der Waals surface area contributed by atoms with Gasteiger partial charge in [0.1, 0.15) is 24.0 Å². The number of carbonyl (C=O) groups excluding carboxylic acids is 1. The molecule has 3 aliphatic rings. The highest BCUT2D eigenvalue weighted by atomic mass is 16.5.